The van der Waals surface area contributed by atoms with Crippen LogP contribution in [0, 0.1) is 11.8 Å². The SMILES string of the molecule is CC(C(=O)NC(C)(C)CCC(=O)O)C1CC1. The van der Waals surface area contributed by atoms with Gasteiger partial charge in [0.15, 0.2) is 0 Å². The minimum Gasteiger partial charge on any atom is -0.481 e. The van der Waals surface area contributed by atoms with E-state index in [9.17, 15) is 9.59 Å². The zero-order chi connectivity index (χ0) is 12.3. The average Bonchev–Trinajstić information content (AvgIpc) is 2.96. The molecule has 0 aromatic heterocycles. The monoisotopic (exact) mass is 227 g/mol. The highest BCUT2D eigenvalue weighted by atomic mass is 16.4. The highest BCUT2D eigenvalue weighted by Gasteiger charge is 2.34. The van der Waals surface area contributed by atoms with Crippen LogP contribution in [0.15, 0.2) is 0 Å². The van der Waals surface area contributed by atoms with E-state index in [-0.39, 0.29) is 18.2 Å². The molecule has 0 saturated heterocycles. The number of amides is 1. The van der Waals surface area contributed by atoms with E-state index in [1.807, 2.05) is 20.8 Å². The zero-order valence-corrected chi connectivity index (χ0v) is 10.2. The van der Waals surface area contributed by atoms with Crippen molar-refractivity contribution in [2.45, 2.75) is 52.0 Å². The van der Waals surface area contributed by atoms with E-state index in [1.165, 1.54) is 0 Å². The van der Waals surface area contributed by atoms with Gasteiger partial charge in [0.2, 0.25) is 5.91 Å². The molecular formula is C12H21NO3. The van der Waals surface area contributed by atoms with E-state index in [0.717, 1.165) is 12.8 Å². The number of nitrogens with one attached hydrogen (secondary N) is 1. The second-order valence-corrected chi connectivity index (χ2v) is 5.39. The molecule has 0 radical (unpaired) electrons. The van der Waals surface area contributed by atoms with Gasteiger partial charge < -0.3 is 10.4 Å². The first-order valence-electron chi connectivity index (χ1n) is 5.85. The summed E-state index contributed by atoms with van der Waals surface area (Å²) < 4.78 is 0. The third-order valence-corrected chi connectivity index (χ3v) is 3.17. The first-order valence-corrected chi connectivity index (χ1v) is 5.85. The fourth-order valence-electron chi connectivity index (χ4n) is 1.74. The normalized spacial score (nSPS) is 17.9. The molecule has 0 spiro atoms. The van der Waals surface area contributed by atoms with Crippen molar-refractivity contribution in [1.82, 2.24) is 5.32 Å². The molecule has 1 unspecified atom stereocenters. The lowest BCUT2D eigenvalue weighted by Crippen LogP contribution is -2.46. The van der Waals surface area contributed by atoms with Crippen LogP contribution in [0.3, 0.4) is 0 Å². The largest absolute Gasteiger partial charge is 0.481 e. The maximum absolute atomic E-state index is 11.8. The fourth-order valence-corrected chi connectivity index (χ4v) is 1.74. The quantitative estimate of drug-likeness (QED) is 0.727. The van der Waals surface area contributed by atoms with Crippen molar-refractivity contribution in [1.29, 1.82) is 0 Å². The first kappa shape index (κ1) is 13.0. The minimum absolute atomic E-state index is 0.0536. The van der Waals surface area contributed by atoms with Crippen LogP contribution in [0.25, 0.3) is 0 Å². The van der Waals surface area contributed by atoms with Gasteiger partial charge in [-0.1, -0.05) is 6.92 Å². The van der Waals surface area contributed by atoms with Crippen molar-refractivity contribution >= 4 is 11.9 Å². The van der Waals surface area contributed by atoms with Crippen molar-refractivity contribution in [2.75, 3.05) is 0 Å². The van der Waals surface area contributed by atoms with Crippen molar-refractivity contribution in [3.63, 3.8) is 0 Å². The summed E-state index contributed by atoms with van der Waals surface area (Å²) in [7, 11) is 0. The van der Waals surface area contributed by atoms with Gasteiger partial charge in [0.1, 0.15) is 0 Å². The third-order valence-electron chi connectivity index (χ3n) is 3.17. The van der Waals surface area contributed by atoms with Crippen molar-refractivity contribution < 1.29 is 14.7 Å². The number of aliphatic carboxylic acids is 1. The van der Waals surface area contributed by atoms with E-state index in [4.69, 9.17) is 5.11 Å². The Morgan fingerprint density at radius 3 is 2.44 bits per heavy atom. The number of carbonyl (C=O) groups is 2. The summed E-state index contributed by atoms with van der Waals surface area (Å²) in [6.07, 6.45) is 2.84. The van der Waals surface area contributed by atoms with E-state index >= 15 is 0 Å². The van der Waals surface area contributed by atoms with E-state index in [1.54, 1.807) is 0 Å². The summed E-state index contributed by atoms with van der Waals surface area (Å²) in [5.74, 6) is -0.171. The van der Waals surface area contributed by atoms with Crippen LogP contribution >= 0.6 is 0 Å². The second kappa shape index (κ2) is 4.85. The molecule has 92 valence electrons. The Bertz CT molecular complexity index is 282. The summed E-state index contributed by atoms with van der Waals surface area (Å²) in [6.45, 7) is 5.68. The van der Waals surface area contributed by atoms with Gasteiger partial charge in [0.25, 0.3) is 0 Å². The molecule has 1 amide bonds. The molecule has 0 bridgehead atoms. The summed E-state index contributed by atoms with van der Waals surface area (Å²) >= 11 is 0. The lowest BCUT2D eigenvalue weighted by molar-refractivity contribution is -0.138. The molecule has 1 aliphatic carbocycles. The van der Waals surface area contributed by atoms with Crippen LogP contribution < -0.4 is 5.32 Å². The molecular weight excluding hydrogens is 206 g/mol. The maximum atomic E-state index is 11.8. The molecule has 1 atom stereocenters. The number of rotatable bonds is 6. The van der Waals surface area contributed by atoms with Gasteiger partial charge in [0.05, 0.1) is 0 Å². The van der Waals surface area contributed by atoms with Crippen LogP contribution in [0.4, 0.5) is 0 Å². The van der Waals surface area contributed by atoms with E-state index in [0.29, 0.717) is 12.3 Å². The van der Waals surface area contributed by atoms with Crippen LogP contribution in [0.2, 0.25) is 0 Å². The predicted molar refractivity (Wildman–Crippen MR) is 61.0 cm³/mol. The van der Waals surface area contributed by atoms with Crippen molar-refractivity contribution in [3.8, 4) is 0 Å². The maximum Gasteiger partial charge on any atom is 0.303 e. The summed E-state index contributed by atoms with van der Waals surface area (Å²) in [5.41, 5.74) is -0.432. The Morgan fingerprint density at radius 1 is 1.44 bits per heavy atom. The fraction of sp³-hybridized carbons (Fsp3) is 0.833. The lowest BCUT2D eigenvalue weighted by Gasteiger charge is -2.27. The topological polar surface area (TPSA) is 66.4 Å². The second-order valence-electron chi connectivity index (χ2n) is 5.39. The van der Waals surface area contributed by atoms with Gasteiger partial charge in [-0.15, -0.1) is 0 Å². The number of hydrogen-bond acceptors (Lipinski definition) is 2. The molecule has 0 heterocycles. The Morgan fingerprint density at radius 2 is 2.00 bits per heavy atom. The molecule has 0 aliphatic heterocycles. The van der Waals surface area contributed by atoms with Gasteiger partial charge in [-0.2, -0.15) is 0 Å². The predicted octanol–water partition coefficient (Wildman–Crippen LogP) is 1.79. The molecule has 16 heavy (non-hydrogen) atoms. The van der Waals surface area contributed by atoms with Gasteiger partial charge in [0, 0.05) is 17.9 Å². The van der Waals surface area contributed by atoms with E-state index < -0.39 is 11.5 Å². The van der Waals surface area contributed by atoms with Crippen molar-refractivity contribution in [2.24, 2.45) is 11.8 Å². The lowest BCUT2D eigenvalue weighted by atomic mass is 9.96. The smallest absolute Gasteiger partial charge is 0.303 e. The van der Waals surface area contributed by atoms with Gasteiger partial charge in [-0.3, -0.25) is 9.59 Å². The highest BCUT2D eigenvalue weighted by Crippen LogP contribution is 2.36. The standard InChI is InChI=1S/C12H21NO3/c1-8(9-4-5-9)11(16)13-12(2,3)7-6-10(14)15/h8-9H,4-7H2,1-3H3,(H,13,16)(H,14,15). The Hall–Kier alpha value is -1.06. The number of carboxylic acid groups (broad SMARTS) is 1. The molecule has 1 aliphatic rings. The molecule has 1 fully saturated rings. The van der Waals surface area contributed by atoms with Crippen LogP contribution in [-0.4, -0.2) is 22.5 Å². The van der Waals surface area contributed by atoms with E-state index in [2.05, 4.69) is 5.32 Å². The van der Waals surface area contributed by atoms with Crippen LogP contribution in [0.5, 0.6) is 0 Å². The molecule has 4 heteroatoms. The Labute approximate surface area is 96.4 Å². The highest BCUT2D eigenvalue weighted by molar-refractivity contribution is 5.79. The molecule has 1 saturated carbocycles. The summed E-state index contributed by atoms with van der Waals surface area (Å²) in [6, 6.07) is 0. The number of carboxylic acids is 1. The number of hydrogen-bond donors (Lipinski definition) is 2. The van der Waals surface area contributed by atoms with Gasteiger partial charge >= 0.3 is 5.97 Å². The molecule has 1 rings (SSSR count). The first-order chi connectivity index (χ1) is 7.32. The Balaban J connectivity index is 2.37. The molecule has 0 aromatic carbocycles. The molecule has 4 nitrogen and oxygen atoms in total. The average molecular weight is 227 g/mol. The Kier molecular flexibility index (Phi) is 3.94. The van der Waals surface area contributed by atoms with Crippen LogP contribution in [0.1, 0.15) is 46.5 Å². The molecule has 0 aromatic rings. The molecule has 2 N–H and O–H groups in total. The van der Waals surface area contributed by atoms with Crippen molar-refractivity contribution in [3.05, 3.63) is 0 Å². The third kappa shape index (κ3) is 4.21. The summed E-state index contributed by atoms with van der Waals surface area (Å²) in [4.78, 5) is 22.3. The van der Waals surface area contributed by atoms with Crippen LogP contribution in [-0.2, 0) is 9.59 Å². The van der Waals surface area contributed by atoms with Gasteiger partial charge in [-0.05, 0) is 39.0 Å². The van der Waals surface area contributed by atoms with Gasteiger partial charge in [-0.25, -0.2) is 0 Å². The zero-order valence-electron chi connectivity index (χ0n) is 10.2. The number of carbonyl (C=O) groups excluding carboxylic acids is 1. The summed E-state index contributed by atoms with van der Waals surface area (Å²) in [5, 5.41) is 11.5. The minimum atomic E-state index is -0.822.